The molecule has 2 fully saturated rings. The molecule has 3 unspecified atom stereocenters. The summed E-state index contributed by atoms with van der Waals surface area (Å²) in [6.45, 7) is 1.85. The zero-order chi connectivity index (χ0) is 12.5. The van der Waals surface area contributed by atoms with Crippen molar-refractivity contribution in [1.82, 2.24) is 5.32 Å². The maximum absolute atomic E-state index is 9.42. The Hall–Kier alpha value is -1.22. The van der Waals surface area contributed by atoms with Crippen LogP contribution < -0.4 is 5.32 Å². The van der Waals surface area contributed by atoms with Crippen LogP contribution in [-0.2, 0) is 6.54 Å². The molecule has 3 atom stereocenters. The van der Waals surface area contributed by atoms with E-state index in [1.165, 1.54) is 25.7 Å². The molecule has 2 saturated carbocycles. The lowest BCUT2D eigenvalue weighted by molar-refractivity contribution is 0.318. The highest BCUT2D eigenvalue weighted by molar-refractivity contribution is 5.40. The van der Waals surface area contributed by atoms with Gasteiger partial charge in [0.05, 0.1) is 0 Å². The molecule has 3 N–H and O–H groups in total. The number of fused-ring (bicyclic) bond motifs is 2. The molecule has 0 spiro atoms. The number of hydrogen-bond acceptors (Lipinski definition) is 3. The van der Waals surface area contributed by atoms with E-state index in [9.17, 15) is 10.2 Å². The standard InChI is InChI=1S/C15H21NO2/c17-14-4-2-11(7-15(14)18)8-16-9-13-6-10-1-3-12(13)5-10/h2,4,7,10,12-13,16-18H,1,3,5-6,8-9H2. The van der Waals surface area contributed by atoms with Crippen LogP contribution in [0, 0.1) is 17.8 Å². The maximum Gasteiger partial charge on any atom is 0.157 e. The van der Waals surface area contributed by atoms with Gasteiger partial charge in [0.15, 0.2) is 11.5 Å². The predicted molar refractivity (Wildman–Crippen MR) is 70.4 cm³/mol. The number of phenols is 2. The van der Waals surface area contributed by atoms with Crippen LogP contribution in [0.15, 0.2) is 18.2 Å². The zero-order valence-corrected chi connectivity index (χ0v) is 10.6. The van der Waals surface area contributed by atoms with E-state index in [0.717, 1.165) is 36.4 Å². The summed E-state index contributed by atoms with van der Waals surface area (Å²) in [5, 5.41) is 22.1. The maximum atomic E-state index is 9.42. The van der Waals surface area contributed by atoms with Crippen LogP contribution in [-0.4, -0.2) is 16.8 Å². The Bertz CT molecular complexity index is 433. The lowest BCUT2D eigenvalue weighted by atomic mass is 9.89. The van der Waals surface area contributed by atoms with E-state index in [0.29, 0.717) is 0 Å². The number of hydrogen-bond donors (Lipinski definition) is 3. The van der Waals surface area contributed by atoms with E-state index in [1.54, 1.807) is 12.1 Å². The summed E-state index contributed by atoms with van der Waals surface area (Å²) in [4.78, 5) is 0. The average molecular weight is 247 g/mol. The van der Waals surface area contributed by atoms with Crippen LogP contribution in [0.2, 0.25) is 0 Å². The summed E-state index contributed by atoms with van der Waals surface area (Å²) in [6.07, 6.45) is 5.73. The third-order valence-electron chi connectivity index (χ3n) is 4.66. The molecule has 1 aromatic carbocycles. The van der Waals surface area contributed by atoms with Crippen LogP contribution in [0.5, 0.6) is 11.5 Å². The average Bonchev–Trinajstić information content (AvgIpc) is 2.96. The predicted octanol–water partition coefficient (Wildman–Crippen LogP) is 2.62. The molecule has 0 saturated heterocycles. The molecule has 98 valence electrons. The molecule has 0 aliphatic heterocycles. The van der Waals surface area contributed by atoms with Crippen LogP contribution in [0.25, 0.3) is 0 Å². The Morgan fingerprint density at radius 3 is 2.67 bits per heavy atom. The summed E-state index contributed by atoms with van der Waals surface area (Å²) in [6, 6.07) is 5.02. The van der Waals surface area contributed by atoms with Crippen molar-refractivity contribution in [3.05, 3.63) is 23.8 Å². The van der Waals surface area contributed by atoms with Crippen molar-refractivity contribution in [3.8, 4) is 11.5 Å². The Labute approximate surface area is 108 Å². The normalized spacial score (nSPS) is 29.9. The molecule has 1 aromatic rings. The zero-order valence-electron chi connectivity index (χ0n) is 10.6. The first-order valence-corrected chi connectivity index (χ1v) is 6.94. The first-order valence-electron chi connectivity index (χ1n) is 6.94. The molecule has 3 rings (SSSR count). The second kappa shape index (κ2) is 4.81. The fourth-order valence-corrected chi connectivity index (χ4v) is 3.71. The number of rotatable bonds is 4. The number of benzene rings is 1. The molecule has 0 aromatic heterocycles. The van der Waals surface area contributed by atoms with Crippen molar-refractivity contribution in [1.29, 1.82) is 0 Å². The number of phenolic OH excluding ortho intramolecular Hbond substituents is 2. The quantitative estimate of drug-likeness (QED) is 0.717. The Balaban J connectivity index is 1.48. The van der Waals surface area contributed by atoms with E-state index in [4.69, 9.17) is 0 Å². The van der Waals surface area contributed by atoms with Gasteiger partial charge in [-0.25, -0.2) is 0 Å². The second-order valence-electron chi connectivity index (χ2n) is 5.89. The van der Waals surface area contributed by atoms with Gasteiger partial charge < -0.3 is 15.5 Å². The van der Waals surface area contributed by atoms with Crippen molar-refractivity contribution >= 4 is 0 Å². The van der Waals surface area contributed by atoms with E-state index in [2.05, 4.69) is 5.32 Å². The Kier molecular flexibility index (Phi) is 3.16. The van der Waals surface area contributed by atoms with Gasteiger partial charge in [-0.2, -0.15) is 0 Å². The summed E-state index contributed by atoms with van der Waals surface area (Å²) in [7, 11) is 0. The van der Waals surface area contributed by atoms with Gasteiger partial charge in [-0.3, -0.25) is 0 Å². The third-order valence-corrected chi connectivity index (χ3v) is 4.66. The van der Waals surface area contributed by atoms with Crippen molar-refractivity contribution in [3.63, 3.8) is 0 Å². The Morgan fingerprint density at radius 2 is 2.00 bits per heavy atom. The fraction of sp³-hybridized carbons (Fsp3) is 0.600. The van der Waals surface area contributed by atoms with Crippen LogP contribution in [0.3, 0.4) is 0 Å². The molecule has 2 bridgehead atoms. The van der Waals surface area contributed by atoms with E-state index >= 15 is 0 Å². The van der Waals surface area contributed by atoms with E-state index < -0.39 is 0 Å². The smallest absolute Gasteiger partial charge is 0.157 e. The van der Waals surface area contributed by atoms with Gasteiger partial charge in [-0.1, -0.05) is 12.5 Å². The summed E-state index contributed by atoms with van der Waals surface area (Å²) in [5.74, 6) is 2.73. The minimum Gasteiger partial charge on any atom is -0.504 e. The highest BCUT2D eigenvalue weighted by Crippen LogP contribution is 2.47. The number of nitrogens with one attached hydrogen (secondary N) is 1. The lowest BCUT2D eigenvalue weighted by Crippen LogP contribution is -2.26. The summed E-state index contributed by atoms with van der Waals surface area (Å²) >= 11 is 0. The topological polar surface area (TPSA) is 52.5 Å². The Morgan fingerprint density at radius 1 is 1.11 bits per heavy atom. The van der Waals surface area contributed by atoms with Crippen LogP contribution in [0.4, 0.5) is 0 Å². The minimum absolute atomic E-state index is 0.0331. The lowest BCUT2D eigenvalue weighted by Gasteiger charge is -2.21. The van der Waals surface area contributed by atoms with Crippen molar-refractivity contribution in [2.75, 3.05) is 6.54 Å². The molecule has 2 aliphatic carbocycles. The van der Waals surface area contributed by atoms with Gasteiger partial charge in [-0.05, 0) is 61.3 Å². The van der Waals surface area contributed by atoms with E-state index in [1.807, 2.05) is 6.07 Å². The molecule has 18 heavy (non-hydrogen) atoms. The highest BCUT2D eigenvalue weighted by atomic mass is 16.3. The fourth-order valence-electron chi connectivity index (χ4n) is 3.71. The van der Waals surface area contributed by atoms with Gasteiger partial charge in [-0.15, -0.1) is 0 Å². The molecule has 0 amide bonds. The van der Waals surface area contributed by atoms with Gasteiger partial charge in [0.1, 0.15) is 0 Å². The molecule has 2 aliphatic rings. The van der Waals surface area contributed by atoms with Crippen molar-refractivity contribution in [2.45, 2.75) is 32.2 Å². The van der Waals surface area contributed by atoms with Gasteiger partial charge >= 0.3 is 0 Å². The van der Waals surface area contributed by atoms with Crippen LogP contribution in [0.1, 0.15) is 31.2 Å². The highest BCUT2D eigenvalue weighted by Gasteiger charge is 2.38. The molecular weight excluding hydrogens is 226 g/mol. The third kappa shape index (κ3) is 2.32. The number of aromatic hydroxyl groups is 2. The monoisotopic (exact) mass is 247 g/mol. The van der Waals surface area contributed by atoms with Gasteiger partial charge in [0.2, 0.25) is 0 Å². The largest absolute Gasteiger partial charge is 0.504 e. The van der Waals surface area contributed by atoms with Gasteiger partial charge in [0.25, 0.3) is 0 Å². The van der Waals surface area contributed by atoms with Crippen LogP contribution >= 0.6 is 0 Å². The first kappa shape index (κ1) is 11.8. The van der Waals surface area contributed by atoms with Crippen molar-refractivity contribution < 1.29 is 10.2 Å². The molecule has 3 nitrogen and oxygen atoms in total. The molecule has 0 radical (unpaired) electrons. The molecule has 3 heteroatoms. The minimum atomic E-state index is -0.0492. The molecular formula is C15H21NO2. The van der Waals surface area contributed by atoms with Gasteiger partial charge in [0, 0.05) is 6.54 Å². The first-order chi connectivity index (χ1) is 8.72. The van der Waals surface area contributed by atoms with Crippen molar-refractivity contribution in [2.24, 2.45) is 17.8 Å². The second-order valence-corrected chi connectivity index (χ2v) is 5.89. The van der Waals surface area contributed by atoms with E-state index in [-0.39, 0.29) is 11.5 Å². The summed E-state index contributed by atoms with van der Waals surface area (Å²) in [5.41, 5.74) is 1.02. The SMILES string of the molecule is Oc1ccc(CNCC2CC3CCC2C3)cc1O. The molecule has 0 heterocycles. The summed E-state index contributed by atoms with van der Waals surface area (Å²) < 4.78 is 0.